The van der Waals surface area contributed by atoms with Crippen molar-refractivity contribution < 1.29 is 0 Å². The van der Waals surface area contributed by atoms with E-state index >= 15 is 0 Å². The first-order valence-electron chi connectivity index (χ1n) is 9.07. The molecule has 1 N–H and O–H groups in total. The Labute approximate surface area is 150 Å². The van der Waals surface area contributed by atoms with Crippen LogP contribution in [0.1, 0.15) is 84.5 Å². The average molecular weight is 344 g/mol. The van der Waals surface area contributed by atoms with Crippen molar-refractivity contribution in [2.45, 2.75) is 84.5 Å². The highest BCUT2D eigenvalue weighted by molar-refractivity contribution is 7.84. The predicted octanol–water partition coefficient (Wildman–Crippen LogP) is 6.53. The third-order valence-corrected chi connectivity index (χ3v) is 4.49. The van der Waals surface area contributed by atoms with Crippen molar-refractivity contribution in [3.63, 3.8) is 0 Å². The van der Waals surface area contributed by atoms with Crippen molar-refractivity contribution in [1.82, 2.24) is 5.32 Å². The van der Waals surface area contributed by atoms with Gasteiger partial charge in [0.25, 0.3) is 0 Å². The third kappa shape index (κ3) is 14.9. The molecule has 0 aromatic heterocycles. The van der Waals surface area contributed by atoms with Crippen LogP contribution in [0.3, 0.4) is 0 Å². The van der Waals surface area contributed by atoms with Gasteiger partial charge in [-0.05, 0) is 50.2 Å². The largest absolute Gasteiger partial charge is 0.388 e. The number of hydrogen-bond donors (Lipinski definition) is 3. The Kier molecular flexibility index (Phi) is 17.3. The molecule has 0 rings (SSSR count). The molecule has 0 aromatic rings. The Bertz CT molecular complexity index is 294. The second-order valence-corrected chi connectivity index (χ2v) is 7.12. The van der Waals surface area contributed by atoms with E-state index in [0.717, 1.165) is 30.0 Å². The van der Waals surface area contributed by atoms with E-state index in [0.29, 0.717) is 0 Å². The quantitative estimate of drug-likeness (QED) is 0.174. The van der Waals surface area contributed by atoms with Crippen LogP contribution in [0.25, 0.3) is 0 Å². The van der Waals surface area contributed by atoms with Crippen molar-refractivity contribution >= 4 is 25.3 Å². The van der Waals surface area contributed by atoms with Gasteiger partial charge in [-0.15, -0.1) is 12.6 Å². The van der Waals surface area contributed by atoms with E-state index < -0.39 is 0 Å². The number of rotatable bonds is 15. The lowest BCUT2D eigenvalue weighted by Gasteiger charge is -2.12. The summed E-state index contributed by atoms with van der Waals surface area (Å²) in [5.41, 5.74) is 1.31. The summed E-state index contributed by atoms with van der Waals surface area (Å²) in [6, 6.07) is 0. The molecule has 0 unspecified atom stereocenters. The van der Waals surface area contributed by atoms with Crippen molar-refractivity contribution in [3.05, 3.63) is 22.8 Å². The molecule has 0 radical (unpaired) electrons. The van der Waals surface area contributed by atoms with Crippen LogP contribution >= 0.6 is 25.3 Å². The number of hydrogen-bond acceptors (Lipinski definition) is 3. The average Bonchev–Trinajstić information content (AvgIpc) is 2.50. The van der Waals surface area contributed by atoms with Gasteiger partial charge >= 0.3 is 0 Å². The van der Waals surface area contributed by atoms with E-state index in [2.05, 4.69) is 56.6 Å². The summed E-state index contributed by atoms with van der Waals surface area (Å²) in [5.74, 6) is 1.05. The highest BCUT2D eigenvalue weighted by Crippen LogP contribution is 2.13. The van der Waals surface area contributed by atoms with Crippen molar-refractivity contribution in [2.24, 2.45) is 0 Å². The molecule has 3 heteroatoms. The molecular formula is C19H37NS2. The van der Waals surface area contributed by atoms with Gasteiger partial charge in [0.05, 0.1) is 0 Å². The molecule has 0 aliphatic heterocycles. The maximum Gasteiger partial charge on any atom is 0.0201 e. The van der Waals surface area contributed by atoms with Crippen LogP contribution in [0.2, 0.25) is 0 Å². The minimum absolute atomic E-state index is 1.05. The zero-order chi connectivity index (χ0) is 16.5. The fourth-order valence-electron chi connectivity index (χ4n) is 2.51. The minimum Gasteiger partial charge on any atom is -0.388 e. The standard InChI is InChI=1S/C19H37NS2/c1-3-4-12-15-19(18(2)22)20-16-13-10-8-6-5-7-9-11-14-17-21/h3-4,20-22H,5-17H2,1-2H3/b4-3+,19-18-. The van der Waals surface area contributed by atoms with E-state index in [1.807, 2.05) is 0 Å². The summed E-state index contributed by atoms with van der Waals surface area (Å²) < 4.78 is 0. The molecule has 0 bridgehead atoms. The number of unbranched alkanes of at least 4 members (excludes halogenated alkanes) is 8. The zero-order valence-electron chi connectivity index (χ0n) is 14.7. The van der Waals surface area contributed by atoms with Crippen LogP contribution in [-0.2, 0) is 0 Å². The smallest absolute Gasteiger partial charge is 0.0201 e. The van der Waals surface area contributed by atoms with Gasteiger partial charge < -0.3 is 5.32 Å². The Morgan fingerprint density at radius 2 is 1.45 bits per heavy atom. The molecule has 0 fully saturated rings. The van der Waals surface area contributed by atoms with Gasteiger partial charge in [0, 0.05) is 12.2 Å². The van der Waals surface area contributed by atoms with Gasteiger partial charge in [0.15, 0.2) is 0 Å². The van der Waals surface area contributed by atoms with Crippen molar-refractivity contribution in [1.29, 1.82) is 0 Å². The number of nitrogens with one attached hydrogen (secondary N) is 1. The van der Waals surface area contributed by atoms with Crippen LogP contribution in [0.4, 0.5) is 0 Å². The van der Waals surface area contributed by atoms with E-state index in [9.17, 15) is 0 Å². The van der Waals surface area contributed by atoms with E-state index in [1.54, 1.807) is 0 Å². The monoisotopic (exact) mass is 343 g/mol. The van der Waals surface area contributed by atoms with Crippen LogP contribution < -0.4 is 5.32 Å². The second-order valence-electron chi connectivity index (χ2n) is 6.00. The molecule has 0 atom stereocenters. The summed E-state index contributed by atoms with van der Waals surface area (Å²) in [6.45, 7) is 5.24. The highest BCUT2D eigenvalue weighted by Gasteiger charge is 1.99. The van der Waals surface area contributed by atoms with E-state index in [-0.39, 0.29) is 0 Å². The molecule has 0 saturated carbocycles. The first kappa shape index (κ1) is 22.0. The highest BCUT2D eigenvalue weighted by atomic mass is 32.1. The van der Waals surface area contributed by atoms with E-state index in [1.165, 1.54) is 63.5 Å². The molecule has 0 aliphatic carbocycles. The maximum absolute atomic E-state index is 4.49. The molecule has 0 saturated heterocycles. The number of thiol groups is 2. The van der Waals surface area contributed by atoms with Crippen LogP contribution in [0.5, 0.6) is 0 Å². The summed E-state index contributed by atoms with van der Waals surface area (Å²) in [4.78, 5) is 1.13. The molecular weight excluding hydrogens is 306 g/mol. The van der Waals surface area contributed by atoms with Crippen LogP contribution in [-0.4, -0.2) is 12.3 Å². The molecule has 1 nitrogen and oxygen atoms in total. The minimum atomic E-state index is 1.05. The van der Waals surface area contributed by atoms with Gasteiger partial charge in [-0.25, -0.2) is 0 Å². The van der Waals surface area contributed by atoms with Gasteiger partial charge in [-0.1, -0.05) is 57.1 Å². The molecule has 22 heavy (non-hydrogen) atoms. The fourth-order valence-corrected chi connectivity index (χ4v) is 2.92. The van der Waals surface area contributed by atoms with Crippen molar-refractivity contribution in [2.75, 3.05) is 12.3 Å². The fraction of sp³-hybridized carbons (Fsp3) is 0.789. The topological polar surface area (TPSA) is 12.0 Å². The van der Waals surface area contributed by atoms with E-state index in [4.69, 9.17) is 0 Å². The first-order chi connectivity index (χ1) is 10.7. The summed E-state index contributed by atoms with van der Waals surface area (Å²) in [5, 5.41) is 3.57. The first-order valence-corrected chi connectivity index (χ1v) is 10.1. The Morgan fingerprint density at radius 1 is 0.909 bits per heavy atom. The normalized spacial score (nSPS) is 12.7. The maximum atomic E-state index is 4.49. The lowest BCUT2D eigenvalue weighted by Crippen LogP contribution is -2.15. The molecule has 0 aliphatic rings. The van der Waals surface area contributed by atoms with Gasteiger partial charge in [-0.3, -0.25) is 0 Å². The van der Waals surface area contributed by atoms with Gasteiger partial charge in [-0.2, -0.15) is 12.6 Å². The second kappa shape index (κ2) is 17.3. The number of allylic oxidation sites excluding steroid dienone is 4. The molecule has 0 amide bonds. The van der Waals surface area contributed by atoms with Crippen LogP contribution in [0, 0.1) is 0 Å². The molecule has 0 aromatic carbocycles. The van der Waals surface area contributed by atoms with Crippen molar-refractivity contribution in [3.8, 4) is 0 Å². The zero-order valence-corrected chi connectivity index (χ0v) is 16.5. The Morgan fingerprint density at radius 3 is 1.95 bits per heavy atom. The molecule has 130 valence electrons. The predicted molar refractivity (Wildman–Crippen MR) is 109 cm³/mol. The molecule has 0 heterocycles. The Balaban J connectivity index is 3.45. The van der Waals surface area contributed by atoms with Gasteiger partial charge in [0.1, 0.15) is 0 Å². The molecule has 0 spiro atoms. The van der Waals surface area contributed by atoms with Crippen LogP contribution in [0.15, 0.2) is 22.8 Å². The SMILES string of the molecule is C/C=C/CC/C(NCCCCCCCCCCCS)=C(\C)S. The summed E-state index contributed by atoms with van der Waals surface area (Å²) in [7, 11) is 0. The summed E-state index contributed by atoms with van der Waals surface area (Å²) >= 11 is 8.73. The Hall–Kier alpha value is -0.0200. The lowest BCUT2D eigenvalue weighted by atomic mass is 10.1. The summed E-state index contributed by atoms with van der Waals surface area (Å²) in [6.07, 6.45) is 18.8. The third-order valence-electron chi connectivity index (χ3n) is 3.91. The van der Waals surface area contributed by atoms with Gasteiger partial charge in [0.2, 0.25) is 0 Å². The lowest BCUT2D eigenvalue weighted by molar-refractivity contribution is 0.557.